The van der Waals surface area contributed by atoms with Crippen molar-refractivity contribution in [1.82, 2.24) is 20.5 Å². The van der Waals surface area contributed by atoms with Crippen LogP contribution in [0.4, 0.5) is 0 Å². The molecule has 1 heterocycles. The van der Waals surface area contributed by atoms with Crippen LogP contribution in [-0.2, 0) is 11.3 Å². The second kappa shape index (κ2) is 9.47. The topological polar surface area (TPSA) is 57.3 Å². The molecule has 0 unspecified atom stereocenters. The first-order valence-corrected chi connectivity index (χ1v) is 6.69. The fraction of sp³-hybridized carbons (Fsp3) is 0.571. The third kappa shape index (κ3) is 8.29. The molecule has 5 nitrogen and oxygen atoms in total. The highest BCUT2D eigenvalue weighted by molar-refractivity contribution is 5.75. The smallest absolute Gasteiger partial charge is 0.221 e. The molecule has 5 heteroatoms. The number of hydrogen-bond donors (Lipinski definition) is 2. The maximum Gasteiger partial charge on any atom is 0.221 e. The molecule has 0 saturated heterocycles. The number of carbonyl (C=O) groups is 1. The van der Waals surface area contributed by atoms with Crippen LogP contribution in [0, 0.1) is 0 Å². The number of rotatable bonds is 9. The monoisotopic (exact) mass is 264 g/mol. The number of nitrogens with zero attached hydrogens (tertiary/aromatic N) is 2. The average molecular weight is 264 g/mol. The van der Waals surface area contributed by atoms with E-state index in [1.165, 1.54) is 0 Å². The Morgan fingerprint density at radius 3 is 2.89 bits per heavy atom. The lowest BCUT2D eigenvalue weighted by Crippen LogP contribution is -2.29. The van der Waals surface area contributed by atoms with E-state index in [1.54, 1.807) is 6.20 Å². The van der Waals surface area contributed by atoms with Crippen molar-refractivity contribution in [3.8, 4) is 0 Å². The molecule has 1 aromatic rings. The molecule has 0 aliphatic carbocycles. The summed E-state index contributed by atoms with van der Waals surface area (Å²) >= 11 is 0. The molecule has 0 fully saturated rings. The molecule has 0 bridgehead atoms. The van der Waals surface area contributed by atoms with Crippen LogP contribution in [0.15, 0.2) is 24.5 Å². The van der Waals surface area contributed by atoms with Gasteiger partial charge in [-0.05, 0) is 38.7 Å². The Bertz CT molecular complexity index is 354. The minimum atomic E-state index is 0.109. The van der Waals surface area contributed by atoms with Crippen molar-refractivity contribution in [3.63, 3.8) is 0 Å². The summed E-state index contributed by atoms with van der Waals surface area (Å²) in [5, 5.41) is 6.15. The van der Waals surface area contributed by atoms with E-state index in [0.717, 1.165) is 31.6 Å². The first-order valence-electron chi connectivity index (χ1n) is 6.69. The van der Waals surface area contributed by atoms with E-state index in [9.17, 15) is 4.79 Å². The predicted molar refractivity (Wildman–Crippen MR) is 76.7 cm³/mol. The van der Waals surface area contributed by atoms with Gasteiger partial charge in [0, 0.05) is 38.4 Å². The Morgan fingerprint density at radius 1 is 1.37 bits per heavy atom. The lowest BCUT2D eigenvalue weighted by molar-refractivity contribution is -0.121. The zero-order valence-electron chi connectivity index (χ0n) is 11.9. The number of aromatic nitrogens is 1. The highest BCUT2D eigenvalue weighted by atomic mass is 16.1. The van der Waals surface area contributed by atoms with Crippen LogP contribution >= 0.6 is 0 Å². The summed E-state index contributed by atoms with van der Waals surface area (Å²) in [7, 11) is 4.06. The van der Waals surface area contributed by atoms with Crippen molar-refractivity contribution >= 4 is 5.91 Å². The van der Waals surface area contributed by atoms with Gasteiger partial charge in [0.1, 0.15) is 0 Å². The minimum Gasteiger partial charge on any atom is -0.356 e. The van der Waals surface area contributed by atoms with Crippen LogP contribution in [0.3, 0.4) is 0 Å². The van der Waals surface area contributed by atoms with Crippen LogP contribution < -0.4 is 10.6 Å². The standard InChI is InChI=1S/C14H24N4O/c1-18(2)10-4-8-17-14(19)6-9-16-12-13-5-3-7-15-11-13/h3,5,7,11,16H,4,6,8-10,12H2,1-2H3,(H,17,19). The van der Waals surface area contributed by atoms with E-state index in [-0.39, 0.29) is 5.91 Å². The largest absolute Gasteiger partial charge is 0.356 e. The van der Waals surface area contributed by atoms with Gasteiger partial charge in [-0.3, -0.25) is 9.78 Å². The number of carbonyl (C=O) groups excluding carboxylic acids is 1. The lowest BCUT2D eigenvalue weighted by Gasteiger charge is -2.10. The van der Waals surface area contributed by atoms with Crippen LogP contribution in [0.25, 0.3) is 0 Å². The first kappa shape index (κ1) is 15.6. The maximum absolute atomic E-state index is 11.5. The summed E-state index contributed by atoms with van der Waals surface area (Å²) in [5.74, 6) is 0.109. The Labute approximate surface area is 115 Å². The number of pyridine rings is 1. The molecule has 1 amide bonds. The van der Waals surface area contributed by atoms with Gasteiger partial charge in [-0.25, -0.2) is 0 Å². The molecule has 0 aliphatic heterocycles. The highest BCUT2D eigenvalue weighted by Gasteiger charge is 2.00. The molecule has 0 atom stereocenters. The summed E-state index contributed by atoms with van der Waals surface area (Å²) in [5.41, 5.74) is 1.13. The third-order valence-electron chi connectivity index (χ3n) is 2.69. The average Bonchev–Trinajstić information content (AvgIpc) is 2.41. The quantitative estimate of drug-likeness (QED) is 0.642. The normalized spacial score (nSPS) is 10.7. The Kier molecular flexibility index (Phi) is 7.77. The second-order valence-electron chi connectivity index (χ2n) is 4.79. The van der Waals surface area contributed by atoms with Crippen LogP contribution in [0.5, 0.6) is 0 Å². The molecule has 0 aliphatic rings. The Hall–Kier alpha value is -1.46. The number of amides is 1. The van der Waals surface area contributed by atoms with Gasteiger partial charge in [-0.15, -0.1) is 0 Å². The van der Waals surface area contributed by atoms with Crippen molar-refractivity contribution in [1.29, 1.82) is 0 Å². The van der Waals surface area contributed by atoms with E-state index in [1.807, 2.05) is 32.4 Å². The molecule has 0 aromatic carbocycles. The van der Waals surface area contributed by atoms with E-state index in [4.69, 9.17) is 0 Å². The van der Waals surface area contributed by atoms with E-state index in [0.29, 0.717) is 13.0 Å². The van der Waals surface area contributed by atoms with Crippen LogP contribution in [-0.4, -0.2) is 49.5 Å². The molecule has 1 rings (SSSR count). The van der Waals surface area contributed by atoms with Gasteiger partial charge < -0.3 is 15.5 Å². The molecule has 0 spiro atoms. The van der Waals surface area contributed by atoms with Crippen molar-refractivity contribution in [2.24, 2.45) is 0 Å². The zero-order chi connectivity index (χ0) is 13.9. The Morgan fingerprint density at radius 2 is 2.21 bits per heavy atom. The SMILES string of the molecule is CN(C)CCCNC(=O)CCNCc1cccnc1. The molecular formula is C14H24N4O. The summed E-state index contributed by atoms with van der Waals surface area (Å²) < 4.78 is 0. The predicted octanol–water partition coefficient (Wildman–Crippen LogP) is 0.629. The van der Waals surface area contributed by atoms with Gasteiger partial charge in [-0.1, -0.05) is 6.07 Å². The van der Waals surface area contributed by atoms with Crippen molar-refractivity contribution in [2.75, 3.05) is 33.7 Å². The Balaban J connectivity index is 1.98. The second-order valence-corrected chi connectivity index (χ2v) is 4.79. The summed E-state index contributed by atoms with van der Waals surface area (Å²) in [6.07, 6.45) is 5.09. The minimum absolute atomic E-state index is 0.109. The van der Waals surface area contributed by atoms with Crippen molar-refractivity contribution < 1.29 is 4.79 Å². The molecule has 2 N–H and O–H groups in total. The van der Waals surface area contributed by atoms with Gasteiger partial charge in [0.15, 0.2) is 0 Å². The van der Waals surface area contributed by atoms with Crippen LogP contribution in [0.1, 0.15) is 18.4 Å². The van der Waals surface area contributed by atoms with E-state index in [2.05, 4.69) is 20.5 Å². The lowest BCUT2D eigenvalue weighted by atomic mass is 10.3. The van der Waals surface area contributed by atoms with Gasteiger partial charge in [-0.2, -0.15) is 0 Å². The number of nitrogens with one attached hydrogen (secondary N) is 2. The summed E-state index contributed by atoms with van der Waals surface area (Å²) in [6.45, 7) is 3.19. The summed E-state index contributed by atoms with van der Waals surface area (Å²) in [6, 6.07) is 3.93. The van der Waals surface area contributed by atoms with E-state index >= 15 is 0 Å². The fourth-order valence-electron chi connectivity index (χ4n) is 1.65. The molecular weight excluding hydrogens is 240 g/mol. The molecule has 19 heavy (non-hydrogen) atoms. The van der Waals surface area contributed by atoms with Gasteiger partial charge in [0.05, 0.1) is 0 Å². The highest BCUT2D eigenvalue weighted by Crippen LogP contribution is 1.94. The number of hydrogen-bond acceptors (Lipinski definition) is 4. The summed E-state index contributed by atoms with van der Waals surface area (Å²) in [4.78, 5) is 17.7. The zero-order valence-corrected chi connectivity index (χ0v) is 11.9. The molecule has 1 aromatic heterocycles. The van der Waals surface area contributed by atoms with Crippen molar-refractivity contribution in [2.45, 2.75) is 19.4 Å². The van der Waals surface area contributed by atoms with Gasteiger partial charge in [0.25, 0.3) is 0 Å². The maximum atomic E-state index is 11.5. The van der Waals surface area contributed by atoms with Gasteiger partial charge >= 0.3 is 0 Å². The van der Waals surface area contributed by atoms with Crippen LogP contribution in [0.2, 0.25) is 0 Å². The fourth-order valence-corrected chi connectivity index (χ4v) is 1.65. The first-order chi connectivity index (χ1) is 9.18. The third-order valence-corrected chi connectivity index (χ3v) is 2.69. The molecule has 106 valence electrons. The van der Waals surface area contributed by atoms with Gasteiger partial charge in [0.2, 0.25) is 5.91 Å². The van der Waals surface area contributed by atoms with E-state index < -0.39 is 0 Å². The van der Waals surface area contributed by atoms with Crippen molar-refractivity contribution in [3.05, 3.63) is 30.1 Å². The molecule has 0 radical (unpaired) electrons. The molecule has 0 saturated carbocycles.